The minimum atomic E-state index is -0.392. The maximum atomic E-state index is 12.8. The van der Waals surface area contributed by atoms with E-state index in [2.05, 4.69) is 29.1 Å². The molecule has 0 aliphatic heterocycles. The lowest BCUT2D eigenvalue weighted by Gasteiger charge is -2.07. The van der Waals surface area contributed by atoms with Crippen LogP contribution in [0.4, 0.5) is 0 Å². The van der Waals surface area contributed by atoms with Crippen molar-refractivity contribution < 1.29 is 9.90 Å². The maximum Gasteiger partial charge on any atom is 0.220 e. The fourth-order valence-corrected chi connectivity index (χ4v) is 3.49. The molecule has 9 heteroatoms. The highest BCUT2D eigenvalue weighted by Gasteiger charge is 2.25. The van der Waals surface area contributed by atoms with E-state index in [9.17, 15) is 9.90 Å². The standard InChI is InChI=1S/C16H18ClN5O2S/c1-8(2)25-7-11-18-19-15-13(17)10(5-6-22(11)15)14(23)12-9(3)20-21(4)16(12)24/h5-6,8,24H,7H2,1-4H3. The molecule has 3 heterocycles. The summed E-state index contributed by atoms with van der Waals surface area (Å²) in [6.45, 7) is 5.89. The van der Waals surface area contributed by atoms with Gasteiger partial charge in [-0.25, -0.2) is 4.68 Å². The van der Waals surface area contributed by atoms with Crippen molar-refractivity contribution in [1.29, 1.82) is 0 Å². The van der Waals surface area contributed by atoms with Crippen molar-refractivity contribution in [3.8, 4) is 5.88 Å². The molecule has 0 spiro atoms. The highest BCUT2D eigenvalue weighted by Crippen LogP contribution is 2.29. The Morgan fingerprint density at radius 1 is 1.40 bits per heavy atom. The summed E-state index contributed by atoms with van der Waals surface area (Å²) in [6.07, 6.45) is 1.73. The molecule has 0 radical (unpaired) electrons. The van der Waals surface area contributed by atoms with Gasteiger partial charge in [-0.3, -0.25) is 9.20 Å². The van der Waals surface area contributed by atoms with Crippen molar-refractivity contribution in [2.75, 3.05) is 0 Å². The predicted octanol–water partition coefficient (Wildman–Crippen LogP) is 3.00. The van der Waals surface area contributed by atoms with Crippen LogP contribution >= 0.6 is 23.4 Å². The number of aryl methyl sites for hydroxylation is 2. The van der Waals surface area contributed by atoms with Crippen molar-refractivity contribution in [1.82, 2.24) is 24.4 Å². The normalized spacial score (nSPS) is 11.6. The zero-order valence-electron chi connectivity index (χ0n) is 14.3. The van der Waals surface area contributed by atoms with E-state index in [1.54, 1.807) is 42.4 Å². The summed E-state index contributed by atoms with van der Waals surface area (Å²) in [5, 5.41) is 23.1. The van der Waals surface area contributed by atoms with E-state index < -0.39 is 5.78 Å². The number of halogens is 1. The van der Waals surface area contributed by atoms with Gasteiger partial charge in [0.2, 0.25) is 11.7 Å². The zero-order valence-corrected chi connectivity index (χ0v) is 15.9. The molecule has 0 atom stereocenters. The molecule has 7 nitrogen and oxygen atoms in total. The molecule has 3 rings (SSSR count). The van der Waals surface area contributed by atoms with E-state index in [-0.39, 0.29) is 22.0 Å². The first-order valence-corrected chi connectivity index (χ1v) is 9.15. The third-order valence-corrected chi connectivity index (χ3v) is 5.26. The number of pyridine rings is 1. The van der Waals surface area contributed by atoms with E-state index >= 15 is 0 Å². The van der Waals surface area contributed by atoms with Crippen LogP contribution in [0.25, 0.3) is 5.65 Å². The molecule has 0 aliphatic carbocycles. The fourth-order valence-electron chi connectivity index (χ4n) is 2.53. The molecule has 3 aromatic heterocycles. The van der Waals surface area contributed by atoms with Crippen LogP contribution in [0.1, 0.15) is 41.3 Å². The second-order valence-corrected chi connectivity index (χ2v) is 7.89. The number of hydrogen-bond donors (Lipinski definition) is 1. The number of rotatable bonds is 5. The van der Waals surface area contributed by atoms with Gasteiger partial charge in [0.25, 0.3) is 0 Å². The number of carbonyl (C=O) groups excluding carboxylic acids is 1. The highest BCUT2D eigenvalue weighted by molar-refractivity contribution is 7.99. The number of carbonyl (C=O) groups is 1. The lowest BCUT2D eigenvalue weighted by molar-refractivity contribution is 0.103. The van der Waals surface area contributed by atoms with Crippen LogP contribution in [0.5, 0.6) is 5.88 Å². The predicted molar refractivity (Wildman–Crippen MR) is 97.5 cm³/mol. The van der Waals surface area contributed by atoms with Crippen LogP contribution in [-0.2, 0) is 12.8 Å². The average molecular weight is 380 g/mol. The van der Waals surface area contributed by atoms with Gasteiger partial charge in [-0.15, -0.1) is 10.2 Å². The summed E-state index contributed by atoms with van der Waals surface area (Å²) in [7, 11) is 1.57. The van der Waals surface area contributed by atoms with Crippen molar-refractivity contribution in [2.24, 2.45) is 7.05 Å². The molecule has 0 saturated carbocycles. The zero-order chi connectivity index (χ0) is 18.3. The highest BCUT2D eigenvalue weighted by atomic mass is 35.5. The molecule has 25 heavy (non-hydrogen) atoms. The van der Waals surface area contributed by atoms with Crippen LogP contribution in [-0.4, -0.2) is 40.5 Å². The monoisotopic (exact) mass is 379 g/mol. The second-order valence-electron chi connectivity index (χ2n) is 5.95. The summed E-state index contributed by atoms with van der Waals surface area (Å²) in [5.41, 5.74) is 1.27. The SMILES string of the molecule is Cc1nn(C)c(O)c1C(=O)c1ccn2c(CSC(C)C)nnc2c1Cl. The Morgan fingerprint density at radius 3 is 2.72 bits per heavy atom. The topological polar surface area (TPSA) is 85.3 Å². The van der Waals surface area contributed by atoms with Crippen LogP contribution in [0.15, 0.2) is 12.3 Å². The van der Waals surface area contributed by atoms with Crippen molar-refractivity contribution >= 4 is 34.8 Å². The second kappa shape index (κ2) is 6.68. The first-order chi connectivity index (χ1) is 11.8. The number of aromatic hydroxyl groups is 1. The van der Waals surface area contributed by atoms with Gasteiger partial charge in [0.05, 0.1) is 16.5 Å². The van der Waals surface area contributed by atoms with E-state index in [1.165, 1.54) is 4.68 Å². The molecule has 0 aliphatic rings. The molecule has 132 valence electrons. The molecule has 1 N–H and O–H groups in total. The number of thioether (sulfide) groups is 1. The van der Waals surface area contributed by atoms with Gasteiger partial charge in [0.1, 0.15) is 11.4 Å². The number of nitrogens with zero attached hydrogens (tertiary/aromatic N) is 5. The number of aromatic nitrogens is 5. The lowest BCUT2D eigenvalue weighted by atomic mass is 10.0. The maximum absolute atomic E-state index is 12.8. The Morgan fingerprint density at radius 2 is 2.12 bits per heavy atom. The third-order valence-electron chi connectivity index (χ3n) is 3.80. The molecule has 3 aromatic rings. The minimum Gasteiger partial charge on any atom is -0.493 e. The number of fused-ring (bicyclic) bond motifs is 1. The van der Waals surface area contributed by atoms with E-state index in [1.807, 2.05) is 0 Å². The molecule has 0 bridgehead atoms. The molecule has 0 fully saturated rings. The Balaban J connectivity index is 2.03. The minimum absolute atomic E-state index is 0.142. The van der Waals surface area contributed by atoms with Gasteiger partial charge in [-0.2, -0.15) is 16.9 Å². The average Bonchev–Trinajstić information content (AvgIpc) is 3.07. The van der Waals surface area contributed by atoms with Crippen LogP contribution in [0, 0.1) is 6.92 Å². The van der Waals surface area contributed by atoms with Crippen molar-refractivity contribution in [3.63, 3.8) is 0 Å². The van der Waals surface area contributed by atoms with E-state index in [4.69, 9.17) is 11.6 Å². The first kappa shape index (κ1) is 17.8. The quantitative estimate of drug-likeness (QED) is 0.686. The number of ketones is 1. The van der Waals surface area contributed by atoms with Crippen LogP contribution in [0.2, 0.25) is 5.02 Å². The van der Waals surface area contributed by atoms with Gasteiger partial charge < -0.3 is 5.11 Å². The van der Waals surface area contributed by atoms with Crippen molar-refractivity contribution in [2.45, 2.75) is 31.8 Å². The lowest BCUT2D eigenvalue weighted by Crippen LogP contribution is -2.05. The molecule has 0 amide bonds. The third kappa shape index (κ3) is 3.11. The van der Waals surface area contributed by atoms with Crippen molar-refractivity contribution in [3.05, 3.63) is 39.9 Å². The van der Waals surface area contributed by atoms with Gasteiger partial charge in [0.15, 0.2) is 5.65 Å². The largest absolute Gasteiger partial charge is 0.493 e. The smallest absolute Gasteiger partial charge is 0.220 e. The Labute approximate surface area is 154 Å². The summed E-state index contributed by atoms with van der Waals surface area (Å²) in [5.74, 6) is 0.894. The Kier molecular flexibility index (Phi) is 4.75. The van der Waals surface area contributed by atoms with Crippen LogP contribution in [0.3, 0.4) is 0 Å². The summed E-state index contributed by atoms with van der Waals surface area (Å²) >= 11 is 8.16. The van der Waals surface area contributed by atoms with Gasteiger partial charge in [0, 0.05) is 18.8 Å². The van der Waals surface area contributed by atoms with E-state index in [0.717, 1.165) is 5.82 Å². The molecular formula is C16H18ClN5O2S. The first-order valence-electron chi connectivity index (χ1n) is 7.72. The molecule has 0 saturated heterocycles. The number of hydrogen-bond acceptors (Lipinski definition) is 6. The van der Waals surface area contributed by atoms with E-state index in [0.29, 0.717) is 22.3 Å². The molecular weight excluding hydrogens is 362 g/mol. The Hall–Kier alpha value is -2.06. The van der Waals surface area contributed by atoms with Crippen LogP contribution < -0.4 is 0 Å². The summed E-state index contributed by atoms with van der Waals surface area (Å²) in [4.78, 5) is 12.8. The molecule has 0 unspecified atom stereocenters. The molecule has 0 aromatic carbocycles. The van der Waals surface area contributed by atoms with Gasteiger partial charge in [-0.05, 0) is 18.2 Å². The van der Waals surface area contributed by atoms with Gasteiger partial charge in [-0.1, -0.05) is 25.4 Å². The summed E-state index contributed by atoms with van der Waals surface area (Å²) < 4.78 is 3.04. The van der Waals surface area contributed by atoms with Gasteiger partial charge >= 0.3 is 0 Å². The Bertz CT molecular complexity index is 963. The fraction of sp³-hybridized carbons (Fsp3) is 0.375. The summed E-state index contributed by atoms with van der Waals surface area (Å²) in [6, 6.07) is 1.62.